The highest BCUT2D eigenvalue weighted by atomic mass is 19.1. The SMILES string of the molecule is C=CCOC12Oc3ccc(OCc4ccccc4F)cc3C3C(CCCCO)C(CCCCO)C=C(C(=NOCc4ccc([N+](=O)[O-])cc4)CC1N(Cc1ccc4c(c1)OCO4)C(=O)CCC1CCCC1)C32. The number of oxime groups is 1. The molecule has 6 unspecified atom stereocenters. The third-order valence-corrected chi connectivity index (χ3v) is 15.3. The predicted molar refractivity (Wildman–Crippen MR) is 268 cm³/mol. The van der Waals surface area contributed by atoms with Gasteiger partial charge in [-0.25, -0.2) is 4.39 Å². The number of ether oxygens (including phenoxy) is 5. The molecule has 9 rings (SSSR count). The molecular formula is C57H66FN3O11. The van der Waals surface area contributed by atoms with E-state index in [1.807, 2.05) is 41.3 Å². The van der Waals surface area contributed by atoms with E-state index in [4.69, 9.17) is 33.7 Å². The molecule has 2 saturated carbocycles. The summed E-state index contributed by atoms with van der Waals surface area (Å²) in [6.45, 7) is 4.61. The second kappa shape index (κ2) is 23.5. The Bertz CT molecular complexity index is 2600. The molecule has 5 aliphatic rings. The Balaban J connectivity index is 1.21. The molecule has 4 aromatic carbocycles. The standard InChI is InChI=1S/C57H66FN3O11/c1-2-29-70-57-53(60(54(64)26-20-38-11-3-4-12-38)34-40-19-24-51-52(30-40)69-37-68-51)33-49(59-71-35-39-17-21-43(22-18-39)61(65)66)46-31-41(13-7-9-27-62)45(15-8-10-28-63)55(56(46)57)47-32-44(23-25-50(47)72-57)67-36-42-14-5-6-16-48(42)58/h2,5-6,14,16-19,21-25,30-32,38,41,45,53,55-56,62-63H,1,3-4,7-13,15,20,26-29,33-37H2. The Kier molecular flexibility index (Phi) is 16.5. The van der Waals surface area contributed by atoms with Crippen molar-refractivity contribution >= 4 is 17.3 Å². The van der Waals surface area contributed by atoms with E-state index >= 15 is 4.79 Å². The number of halogens is 1. The van der Waals surface area contributed by atoms with E-state index in [9.17, 15) is 24.7 Å². The highest BCUT2D eigenvalue weighted by molar-refractivity contribution is 6.03. The van der Waals surface area contributed by atoms with E-state index in [0.29, 0.717) is 65.0 Å². The van der Waals surface area contributed by atoms with Gasteiger partial charge in [0.15, 0.2) is 11.5 Å². The number of hydrogen-bond donors (Lipinski definition) is 2. The molecule has 72 heavy (non-hydrogen) atoms. The van der Waals surface area contributed by atoms with Crippen LogP contribution >= 0.6 is 0 Å². The third-order valence-electron chi connectivity index (χ3n) is 15.3. The molecule has 0 bridgehead atoms. The van der Waals surface area contributed by atoms with Gasteiger partial charge < -0.3 is 43.6 Å². The number of aliphatic hydroxyl groups excluding tert-OH is 2. The normalized spacial score (nSPS) is 23.4. The summed E-state index contributed by atoms with van der Waals surface area (Å²) in [5.74, 6) is -0.1000. The highest BCUT2D eigenvalue weighted by Gasteiger charge is 2.65. The van der Waals surface area contributed by atoms with E-state index in [0.717, 1.165) is 74.5 Å². The van der Waals surface area contributed by atoms with Gasteiger partial charge >= 0.3 is 0 Å². The minimum absolute atomic E-state index is 0.00439. The summed E-state index contributed by atoms with van der Waals surface area (Å²) in [7, 11) is 0. The Labute approximate surface area is 420 Å². The maximum absolute atomic E-state index is 15.4. The minimum Gasteiger partial charge on any atom is -0.489 e. The van der Waals surface area contributed by atoms with Gasteiger partial charge in [-0.15, -0.1) is 6.58 Å². The fraction of sp³-hybridized carbons (Fsp3) is 0.474. The molecule has 14 nitrogen and oxygen atoms in total. The predicted octanol–water partition coefficient (Wildman–Crippen LogP) is 10.9. The summed E-state index contributed by atoms with van der Waals surface area (Å²) < 4.78 is 47.6. The number of nitro benzene ring substituents is 1. The van der Waals surface area contributed by atoms with Crippen LogP contribution in [-0.2, 0) is 34.1 Å². The van der Waals surface area contributed by atoms with Crippen LogP contribution in [0.25, 0.3) is 0 Å². The average molecular weight is 988 g/mol. The Morgan fingerprint density at radius 3 is 2.42 bits per heavy atom. The fourth-order valence-electron chi connectivity index (χ4n) is 11.8. The van der Waals surface area contributed by atoms with Crippen LogP contribution in [0.5, 0.6) is 23.0 Å². The number of allylic oxidation sites excluding steroid dienone is 1. The minimum atomic E-state index is -1.50. The van der Waals surface area contributed by atoms with Crippen LogP contribution < -0.4 is 18.9 Å². The quantitative estimate of drug-likeness (QED) is 0.0296. The molecular weight excluding hydrogens is 922 g/mol. The Hall–Kier alpha value is -6.29. The number of hydrogen-bond acceptors (Lipinski definition) is 12. The summed E-state index contributed by atoms with van der Waals surface area (Å²) in [5.41, 5.74) is 4.26. The van der Waals surface area contributed by atoms with Gasteiger partial charge in [-0.05, 0) is 115 Å². The summed E-state index contributed by atoms with van der Waals surface area (Å²) in [6, 6.07) is 23.4. The van der Waals surface area contributed by atoms with Crippen molar-refractivity contribution in [2.75, 3.05) is 26.6 Å². The molecule has 1 amide bonds. The van der Waals surface area contributed by atoms with Gasteiger partial charge in [0, 0.05) is 61.8 Å². The third kappa shape index (κ3) is 11.2. The molecule has 3 aliphatic carbocycles. The number of carbonyl (C=O) groups excluding carboxylic acids is 1. The number of non-ortho nitro benzene ring substituents is 1. The van der Waals surface area contributed by atoms with Gasteiger partial charge in [0.05, 0.1) is 23.2 Å². The average Bonchev–Trinajstić information content (AvgIpc) is 4.11. The van der Waals surface area contributed by atoms with Gasteiger partial charge in [0.2, 0.25) is 18.5 Å². The van der Waals surface area contributed by atoms with Crippen molar-refractivity contribution in [2.45, 2.75) is 121 Å². The molecule has 4 aromatic rings. The van der Waals surface area contributed by atoms with Crippen molar-refractivity contribution in [2.24, 2.45) is 28.8 Å². The summed E-state index contributed by atoms with van der Waals surface area (Å²) in [4.78, 5) is 34.6. The van der Waals surface area contributed by atoms with Crippen molar-refractivity contribution < 1.29 is 52.8 Å². The first-order valence-electron chi connectivity index (χ1n) is 25.7. The smallest absolute Gasteiger partial charge is 0.269 e. The van der Waals surface area contributed by atoms with Gasteiger partial charge in [0.1, 0.15) is 36.6 Å². The topological polar surface area (TPSA) is 172 Å². The lowest BCUT2D eigenvalue weighted by Gasteiger charge is -2.60. The monoisotopic (exact) mass is 987 g/mol. The summed E-state index contributed by atoms with van der Waals surface area (Å²) in [5, 5.41) is 36.6. The van der Waals surface area contributed by atoms with Crippen molar-refractivity contribution in [1.82, 2.24) is 4.90 Å². The van der Waals surface area contributed by atoms with Crippen LogP contribution in [-0.4, -0.2) is 70.1 Å². The van der Waals surface area contributed by atoms with E-state index in [1.54, 1.807) is 36.4 Å². The van der Waals surface area contributed by atoms with Crippen molar-refractivity contribution in [3.63, 3.8) is 0 Å². The van der Waals surface area contributed by atoms with Gasteiger partial charge in [-0.1, -0.05) is 80.1 Å². The number of aliphatic hydroxyl groups is 2. The van der Waals surface area contributed by atoms with E-state index in [2.05, 4.69) is 12.7 Å². The van der Waals surface area contributed by atoms with E-state index in [-0.39, 0.29) is 88.0 Å². The van der Waals surface area contributed by atoms with Gasteiger partial charge in [0.25, 0.3) is 5.69 Å². The van der Waals surface area contributed by atoms with Crippen molar-refractivity contribution in [1.29, 1.82) is 0 Å². The van der Waals surface area contributed by atoms with Crippen LogP contribution in [0.3, 0.4) is 0 Å². The molecule has 2 heterocycles. The molecule has 6 atom stereocenters. The van der Waals surface area contributed by atoms with Gasteiger partial charge in [-0.3, -0.25) is 14.9 Å². The molecule has 2 aliphatic heterocycles. The van der Waals surface area contributed by atoms with E-state index < -0.39 is 22.7 Å². The number of benzene rings is 4. The first-order valence-corrected chi connectivity index (χ1v) is 25.7. The zero-order valence-electron chi connectivity index (χ0n) is 40.8. The number of unbranched alkanes of at least 4 members (excludes halogenated alkanes) is 2. The number of rotatable bonds is 24. The molecule has 0 radical (unpaired) electrons. The van der Waals surface area contributed by atoms with Crippen LogP contribution in [0.1, 0.15) is 112 Å². The maximum Gasteiger partial charge on any atom is 0.269 e. The lowest BCUT2D eigenvalue weighted by Crippen LogP contribution is -2.70. The summed E-state index contributed by atoms with van der Waals surface area (Å²) in [6.07, 6.45) is 14.0. The molecule has 2 fully saturated rings. The number of amides is 1. The first-order chi connectivity index (χ1) is 35.2. The van der Waals surface area contributed by atoms with Crippen molar-refractivity contribution in [3.05, 3.63) is 147 Å². The van der Waals surface area contributed by atoms with Crippen LogP contribution in [0, 0.1) is 39.6 Å². The second-order valence-electron chi connectivity index (χ2n) is 19.7. The highest BCUT2D eigenvalue weighted by Crippen LogP contribution is 2.62. The van der Waals surface area contributed by atoms with E-state index in [1.165, 1.54) is 18.2 Å². The zero-order chi connectivity index (χ0) is 50.0. The van der Waals surface area contributed by atoms with Gasteiger partial charge in [-0.2, -0.15) is 0 Å². The number of fused-ring (bicyclic) bond motifs is 3. The molecule has 0 spiro atoms. The zero-order valence-corrected chi connectivity index (χ0v) is 40.8. The number of nitro groups is 1. The molecule has 15 heteroatoms. The maximum atomic E-state index is 15.4. The fourth-order valence-corrected chi connectivity index (χ4v) is 11.8. The molecule has 0 saturated heterocycles. The summed E-state index contributed by atoms with van der Waals surface area (Å²) >= 11 is 0. The van der Waals surface area contributed by atoms with Crippen LogP contribution in [0.15, 0.2) is 114 Å². The van der Waals surface area contributed by atoms with Crippen LogP contribution in [0.2, 0.25) is 0 Å². The van der Waals surface area contributed by atoms with Crippen molar-refractivity contribution in [3.8, 4) is 23.0 Å². The van der Waals surface area contributed by atoms with Crippen LogP contribution in [0.4, 0.5) is 10.1 Å². The first kappa shape index (κ1) is 50.6. The lowest BCUT2D eigenvalue weighted by atomic mass is 9.55. The number of nitrogens with zero attached hydrogens (tertiary/aromatic N) is 3. The largest absolute Gasteiger partial charge is 0.489 e. The Morgan fingerprint density at radius 1 is 0.903 bits per heavy atom. The molecule has 0 aromatic heterocycles. The Morgan fingerprint density at radius 2 is 1.65 bits per heavy atom. The lowest BCUT2D eigenvalue weighted by molar-refractivity contribution is -0.384. The number of carbonyl (C=O) groups is 1. The molecule has 382 valence electrons. The molecule has 2 N–H and O–H groups in total. The second-order valence-corrected chi connectivity index (χ2v) is 19.7.